The van der Waals surface area contributed by atoms with Crippen molar-refractivity contribution < 1.29 is 23.4 Å². The molecule has 1 aromatic heterocycles. The van der Waals surface area contributed by atoms with Gasteiger partial charge in [-0.3, -0.25) is 0 Å². The average Bonchev–Trinajstić information content (AvgIpc) is 3.28. The summed E-state index contributed by atoms with van der Waals surface area (Å²) in [6.07, 6.45) is 0.713. The van der Waals surface area contributed by atoms with Crippen molar-refractivity contribution in [3.05, 3.63) is 81.7 Å². The van der Waals surface area contributed by atoms with E-state index < -0.39 is 11.9 Å². The van der Waals surface area contributed by atoms with Crippen molar-refractivity contribution in [2.24, 2.45) is 0 Å². The highest BCUT2D eigenvalue weighted by molar-refractivity contribution is 7.15. The van der Waals surface area contributed by atoms with Crippen LogP contribution in [0.3, 0.4) is 0 Å². The lowest BCUT2D eigenvalue weighted by molar-refractivity contribution is -0.295. The van der Waals surface area contributed by atoms with Gasteiger partial charge >= 0.3 is 0 Å². The molecule has 3 nitrogen and oxygen atoms in total. The smallest absolute Gasteiger partial charge is 0.198 e. The highest BCUT2D eigenvalue weighted by atomic mass is 32.1. The molecule has 1 spiro atoms. The van der Waals surface area contributed by atoms with E-state index in [1.54, 1.807) is 23.5 Å². The Bertz CT molecular complexity index is 1070. The minimum atomic E-state index is -0.996. The van der Waals surface area contributed by atoms with Crippen molar-refractivity contribution in [2.45, 2.75) is 50.8 Å². The van der Waals surface area contributed by atoms with Crippen LogP contribution in [0.2, 0.25) is 0 Å². The number of halogens is 2. The molecule has 0 saturated carbocycles. The number of thiophene rings is 1. The predicted octanol–water partition coefficient (Wildman–Crippen LogP) is 5.53. The number of fused-ring (bicyclic) bond motifs is 2. The van der Waals surface area contributed by atoms with E-state index in [0.29, 0.717) is 24.8 Å². The SMILES string of the molecule is CC1CC(O)C[C@@]2(OCc3cc(F)c(Cc4ccc(-c5ccc(F)cc5)s4)cc32)O1. The summed E-state index contributed by atoms with van der Waals surface area (Å²) in [6.45, 7) is 2.19. The summed E-state index contributed by atoms with van der Waals surface area (Å²) in [5.74, 6) is -1.53. The van der Waals surface area contributed by atoms with Crippen LogP contribution in [0.5, 0.6) is 0 Å². The van der Waals surface area contributed by atoms with E-state index in [9.17, 15) is 13.9 Å². The lowest BCUT2D eigenvalue weighted by Gasteiger charge is -2.39. The predicted molar refractivity (Wildman–Crippen MR) is 111 cm³/mol. The Morgan fingerprint density at radius 3 is 2.70 bits per heavy atom. The number of aliphatic hydroxyl groups is 1. The van der Waals surface area contributed by atoms with E-state index in [4.69, 9.17) is 9.47 Å². The first-order chi connectivity index (χ1) is 14.4. The van der Waals surface area contributed by atoms with Crippen LogP contribution >= 0.6 is 11.3 Å². The molecule has 2 aliphatic heterocycles. The summed E-state index contributed by atoms with van der Waals surface area (Å²) in [6, 6.07) is 13.7. The summed E-state index contributed by atoms with van der Waals surface area (Å²) >= 11 is 1.56. The summed E-state index contributed by atoms with van der Waals surface area (Å²) < 4.78 is 40.1. The summed E-state index contributed by atoms with van der Waals surface area (Å²) in [4.78, 5) is 2.03. The minimum absolute atomic E-state index is 0.135. The molecule has 0 aliphatic carbocycles. The summed E-state index contributed by atoms with van der Waals surface area (Å²) in [7, 11) is 0. The second-order valence-electron chi connectivity index (χ2n) is 8.11. The first-order valence-corrected chi connectivity index (χ1v) is 10.9. The van der Waals surface area contributed by atoms with Crippen LogP contribution in [0.4, 0.5) is 8.78 Å². The second kappa shape index (κ2) is 7.54. The fourth-order valence-electron chi connectivity index (χ4n) is 4.44. The molecule has 1 saturated heterocycles. The number of ether oxygens (including phenoxy) is 2. The van der Waals surface area contributed by atoms with Crippen molar-refractivity contribution in [1.29, 1.82) is 0 Å². The third kappa shape index (κ3) is 3.58. The number of hydrogen-bond acceptors (Lipinski definition) is 4. The molecular weight excluding hydrogens is 406 g/mol. The summed E-state index contributed by atoms with van der Waals surface area (Å²) in [5, 5.41) is 10.3. The molecule has 0 radical (unpaired) electrons. The van der Waals surface area contributed by atoms with Crippen molar-refractivity contribution in [2.75, 3.05) is 0 Å². The largest absolute Gasteiger partial charge is 0.393 e. The molecule has 3 heterocycles. The zero-order chi connectivity index (χ0) is 20.9. The standard InChI is InChI=1S/C24H22F2O3S/c1-14-8-19(27)12-24(29-14)21-10-16(22(26)11-17(21)13-28-24)9-20-6-7-23(30-20)15-2-4-18(25)5-3-15/h2-7,10-11,14,19,27H,8-9,12-13H2,1H3/t14?,19?,24-/m1/s1. The van der Waals surface area contributed by atoms with Crippen LogP contribution < -0.4 is 0 Å². The second-order valence-corrected chi connectivity index (χ2v) is 9.28. The van der Waals surface area contributed by atoms with E-state index in [0.717, 1.165) is 26.4 Å². The molecule has 2 aliphatic rings. The average molecular weight is 429 g/mol. The van der Waals surface area contributed by atoms with Gasteiger partial charge in [0.25, 0.3) is 0 Å². The highest BCUT2D eigenvalue weighted by Gasteiger charge is 2.47. The maximum atomic E-state index is 14.8. The molecule has 156 valence electrons. The Balaban J connectivity index is 1.44. The molecule has 5 rings (SSSR count). The third-order valence-corrected chi connectivity index (χ3v) is 6.93. The molecule has 3 aromatic rings. The zero-order valence-corrected chi connectivity index (χ0v) is 17.3. The number of aliphatic hydroxyl groups excluding tert-OH is 1. The minimum Gasteiger partial charge on any atom is -0.393 e. The van der Waals surface area contributed by atoms with E-state index in [1.807, 2.05) is 25.1 Å². The molecule has 1 fully saturated rings. The third-order valence-electron chi connectivity index (χ3n) is 5.80. The number of hydrogen-bond donors (Lipinski definition) is 1. The van der Waals surface area contributed by atoms with Gasteiger partial charge in [0.05, 0.1) is 18.8 Å². The van der Waals surface area contributed by atoms with Crippen molar-refractivity contribution in [3.63, 3.8) is 0 Å². The number of rotatable bonds is 3. The zero-order valence-electron chi connectivity index (χ0n) is 16.5. The van der Waals surface area contributed by atoms with Gasteiger partial charge in [0.2, 0.25) is 0 Å². The number of benzene rings is 2. The molecule has 6 heteroatoms. The van der Waals surface area contributed by atoms with Crippen LogP contribution in [0, 0.1) is 11.6 Å². The van der Waals surface area contributed by atoms with Gasteiger partial charge < -0.3 is 14.6 Å². The van der Waals surface area contributed by atoms with Crippen LogP contribution in [0.25, 0.3) is 10.4 Å². The quantitative estimate of drug-likeness (QED) is 0.596. The van der Waals surface area contributed by atoms with Gasteiger partial charge in [0, 0.05) is 28.2 Å². The fraction of sp³-hybridized carbons (Fsp3) is 0.333. The Labute approximate surface area is 177 Å². The topological polar surface area (TPSA) is 38.7 Å². The van der Waals surface area contributed by atoms with E-state index in [2.05, 4.69) is 0 Å². The fourth-order valence-corrected chi connectivity index (χ4v) is 5.47. The van der Waals surface area contributed by atoms with Crippen LogP contribution in [-0.4, -0.2) is 17.3 Å². The lowest BCUT2D eigenvalue weighted by atomic mass is 9.90. The van der Waals surface area contributed by atoms with Crippen LogP contribution in [-0.2, 0) is 28.3 Å². The molecule has 0 amide bonds. The first-order valence-electron chi connectivity index (χ1n) is 10.1. The lowest BCUT2D eigenvalue weighted by Crippen LogP contribution is -2.43. The van der Waals surface area contributed by atoms with Crippen molar-refractivity contribution >= 4 is 11.3 Å². The molecule has 2 aromatic carbocycles. The molecule has 0 bridgehead atoms. The van der Waals surface area contributed by atoms with Crippen molar-refractivity contribution in [3.8, 4) is 10.4 Å². The Kier molecular flexibility index (Phi) is 4.98. The van der Waals surface area contributed by atoms with E-state index in [1.165, 1.54) is 18.2 Å². The summed E-state index contributed by atoms with van der Waals surface area (Å²) in [5.41, 5.74) is 3.10. The molecule has 1 N–H and O–H groups in total. The Morgan fingerprint density at radius 2 is 1.93 bits per heavy atom. The molecule has 2 unspecified atom stereocenters. The maximum absolute atomic E-state index is 14.8. The van der Waals surface area contributed by atoms with Gasteiger partial charge in [0.15, 0.2) is 5.79 Å². The normalized spacial score (nSPS) is 25.6. The van der Waals surface area contributed by atoms with Gasteiger partial charge in [-0.1, -0.05) is 12.1 Å². The van der Waals surface area contributed by atoms with Crippen LogP contribution in [0.1, 0.15) is 41.3 Å². The van der Waals surface area contributed by atoms with Gasteiger partial charge in [-0.15, -0.1) is 11.3 Å². The van der Waals surface area contributed by atoms with Crippen LogP contribution in [0.15, 0.2) is 48.5 Å². The Hall–Kier alpha value is -2.12. The van der Waals surface area contributed by atoms with Gasteiger partial charge in [-0.05, 0) is 66.4 Å². The Morgan fingerprint density at radius 1 is 1.13 bits per heavy atom. The molecule has 3 atom stereocenters. The monoisotopic (exact) mass is 428 g/mol. The van der Waals surface area contributed by atoms with Gasteiger partial charge in [-0.2, -0.15) is 0 Å². The van der Waals surface area contributed by atoms with Crippen molar-refractivity contribution in [1.82, 2.24) is 0 Å². The van der Waals surface area contributed by atoms with E-state index >= 15 is 0 Å². The first kappa shape index (κ1) is 19.8. The highest BCUT2D eigenvalue weighted by Crippen LogP contribution is 2.46. The molecular formula is C24H22F2O3S. The maximum Gasteiger partial charge on any atom is 0.198 e. The van der Waals surface area contributed by atoms with Gasteiger partial charge in [0.1, 0.15) is 11.6 Å². The molecule has 30 heavy (non-hydrogen) atoms. The van der Waals surface area contributed by atoms with Gasteiger partial charge in [-0.25, -0.2) is 8.78 Å². The van der Waals surface area contributed by atoms with E-state index in [-0.39, 0.29) is 24.3 Å².